The molecule has 5 aromatic heterocycles. The first-order valence-electron chi connectivity index (χ1n) is 21.6. The topological polar surface area (TPSA) is 24.9 Å². The molecule has 13 aromatic rings. The fraction of sp³-hybridized carbons (Fsp3) is 0.140. The fourth-order valence-electron chi connectivity index (χ4n) is 10.7. The summed E-state index contributed by atoms with van der Waals surface area (Å²) in [5, 5.41) is 15.2. The lowest BCUT2D eigenvalue weighted by molar-refractivity contribution is 0.591. The van der Waals surface area contributed by atoms with Crippen molar-refractivity contribution in [3.63, 3.8) is 0 Å². The highest BCUT2D eigenvalue weighted by Crippen LogP contribution is 2.52. The Bertz CT molecular complexity index is 3890. The molecule has 4 nitrogen and oxygen atoms in total. The van der Waals surface area contributed by atoms with Crippen molar-refractivity contribution in [1.82, 2.24) is 13.8 Å². The van der Waals surface area contributed by atoms with E-state index in [2.05, 4.69) is 213 Å². The minimum atomic E-state index is -0.102. The Hall–Kier alpha value is -7.17. The van der Waals surface area contributed by atoms with E-state index in [9.17, 15) is 0 Å². The van der Waals surface area contributed by atoms with Crippen LogP contribution in [0.5, 0.6) is 0 Å². The Balaban J connectivity index is 1.30. The number of hydrogen-bond donors (Lipinski definition) is 0. The third-order valence-electron chi connectivity index (χ3n) is 13.6. The minimum Gasteiger partial charge on any atom is -0.308 e. The molecular weight excluding hydrogens is 741 g/mol. The van der Waals surface area contributed by atoms with Crippen molar-refractivity contribution < 1.29 is 0 Å². The van der Waals surface area contributed by atoms with Gasteiger partial charge in [-0.1, -0.05) is 139 Å². The number of pyridine rings is 1. The van der Waals surface area contributed by atoms with Gasteiger partial charge >= 0.3 is 0 Å². The van der Waals surface area contributed by atoms with Crippen LogP contribution in [-0.4, -0.2) is 13.8 Å². The molecule has 4 heteroatoms. The van der Waals surface area contributed by atoms with Crippen LogP contribution in [-0.2, 0) is 10.8 Å². The summed E-state index contributed by atoms with van der Waals surface area (Å²) in [5.41, 5.74) is 12.9. The molecule has 0 spiro atoms. The number of nitrogens with zero attached hydrogens (tertiary/aromatic N) is 4. The van der Waals surface area contributed by atoms with E-state index in [1.165, 1.54) is 97.8 Å². The Morgan fingerprint density at radius 1 is 0.410 bits per heavy atom. The second-order valence-corrected chi connectivity index (χ2v) is 19.3. The second kappa shape index (κ2) is 11.8. The Labute approximate surface area is 353 Å². The predicted octanol–water partition coefficient (Wildman–Crippen LogP) is 15.8. The van der Waals surface area contributed by atoms with Gasteiger partial charge < -0.3 is 9.30 Å². The summed E-state index contributed by atoms with van der Waals surface area (Å²) >= 11 is 0. The molecule has 0 saturated heterocycles. The molecule has 0 atom stereocenters. The van der Waals surface area contributed by atoms with Gasteiger partial charge in [0.1, 0.15) is 5.65 Å². The highest BCUT2D eigenvalue weighted by atomic mass is 15.2. The lowest BCUT2D eigenvalue weighted by Gasteiger charge is -2.29. The van der Waals surface area contributed by atoms with Crippen LogP contribution in [0, 0.1) is 0 Å². The van der Waals surface area contributed by atoms with Gasteiger partial charge in [0.05, 0.1) is 39.5 Å². The lowest BCUT2D eigenvalue weighted by Crippen LogP contribution is -2.15. The number of para-hydroxylation sites is 2. The van der Waals surface area contributed by atoms with Gasteiger partial charge in [-0.15, -0.1) is 0 Å². The van der Waals surface area contributed by atoms with Crippen molar-refractivity contribution in [3.05, 3.63) is 169 Å². The maximum atomic E-state index is 5.63. The van der Waals surface area contributed by atoms with E-state index in [1.54, 1.807) is 0 Å². The van der Waals surface area contributed by atoms with Gasteiger partial charge in [0.15, 0.2) is 0 Å². The van der Waals surface area contributed by atoms with Crippen molar-refractivity contribution >= 4 is 115 Å². The van der Waals surface area contributed by atoms with E-state index in [0.29, 0.717) is 0 Å². The monoisotopic (exact) mass is 784 g/mol. The zero-order valence-electron chi connectivity index (χ0n) is 35.3. The number of benzene rings is 8. The number of aromatic nitrogens is 3. The summed E-state index contributed by atoms with van der Waals surface area (Å²) < 4.78 is 5.06. The largest absolute Gasteiger partial charge is 0.308 e. The van der Waals surface area contributed by atoms with E-state index in [-0.39, 0.29) is 10.8 Å². The molecule has 61 heavy (non-hydrogen) atoms. The molecular formula is C57H44N4. The third-order valence-corrected chi connectivity index (χ3v) is 13.6. The fourth-order valence-corrected chi connectivity index (χ4v) is 10.7. The summed E-state index contributed by atoms with van der Waals surface area (Å²) in [7, 11) is 0. The van der Waals surface area contributed by atoms with Gasteiger partial charge in [-0.25, -0.2) is 4.98 Å². The van der Waals surface area contributed by atoms with Crippen LogP contribution in [0.3, 0.4) is 0 Å². The third kappa shape index (κ3) is 4.57. The van der Waals surface area contributed by atoms with Gasteiger partial charge in [0.25, 0.3) is 0 Å². The molecule has 0 saturated carbocycles. The van der Waals surface area contributed by atoms with Gasteiger partial charge in [-0.2, -0.15) is 0 Å². The van der Waals surface area contributed by atoms with Crippen LogP contribution in [0.1, 0.15) is 52.7 Å². The maximum absolute atomic E-state index is 5.63. The van der Waals surface area contributed by atoms with Gasteiger partial charge in [-0.3, -0.25) is 4.40 Å². The summed E-state index contributed by atoms with van der Waals surface area (Å²) in [6, 6.07) is 56.4. The van der Waals surface area contributed by atoms with Crippen LogP contribution < -0.4 is 4.90 Å². The molecule has 0 aliphatic heterocycles. The molecule has 5 heterocycles. The van der Waals surface area contributed by atoms with Crippen LogP contribution >= 0.6 is 0 Å². The summed E-state index contributed by atoms with van der Waals surface area (Å²) in [6.45, 7) is 14.0. The highest BCUT2D eigenvalue weighted by Gasteiger charge is 2.31. The SMILES string of the molecule is CC(C)(C)c1cc(N(c2ccccc2)c2ccccc2)c2c(c1)c1c3ccccc3cc3c4c5c6cc(C(C)(C)C)cc7c8ccc9ccccc9c8n(c5cnc4n2c31)c76. The molecule has 0 unspecified atom stereocenters. The molecule has 0 bridgehead atoms. The van der Waals surface area contributed by atoms with E-state index in [4.69, 9.17) is 4.98 Å². The van der Waals surface area contributed by atoms with E-state index in [1.807, 2.05) is 0 Å². The molecule has 0 radical (unpaired) electrons. The summed E-state index contributed by atoms with van der Waals surface area (Å²) in [5.74, 6) is 0. The first kappa shape index (κ1) is 34.7. The van der Waals surface area contributed by atoms with Gasteiger partial charge in [0, 0.05) is 59.9 Å². The summed E-state index contributed by atoms with van der Waals surface area (Å²) in [6.07, 6.45) is 2.17. The first-order valence-corrected chi connectivity index (χ1v) is 21.6. The van der Waals surface area contributed by atoms with E-state index >= 15 is 0 Å². The van der Waals surface area contributed by atoms with Crippen molar-refractivity contribution in [1.29, 1.82) is 0 Å². The minimum absolute atomic E-state index is 0.0510. The zero-order valence-corrected chi connectivity index (χ0v) is 35.3. The van der Waals surface area contributed by atoms with Crippen LogP contribution in [0.15, 0.2) is 158 Å². The predicted molar refractivity (Wildman–Crippen MR) is 261 cm³/mol. The number of rotatable bonds is 3. The average molecular weight is 785 g/mol. The van der Waals surface area contributed by atoms with Crippen molar-refractivity contribution in [2.45, 2.75) is 52.4 Å². The number of anilines is 3. The second-order valence-electron chi connectivity index (χ2n) is 19.3. The van der Waals surface area contributed by atoms with Crippen LogP contribution in [0.2, 0.25) is 0 Å². The Morgan fingerprint density at radius 2 is 0.967 bits per heavy atom. The molecule has 0 N–H and O–H groups in total. The molecule has 0 aliphatic carbocycles. The zero-order chi connectivity index (χ0) is 41.1. The van der Waals surface area contributed by atoms with Crippen molar-refractivity contribution in [2.75, 3.05) is 4.90 Å². The first-order chi connectivity index (χ1) is 29.6. The highest BCUT2D eigenvalue weighted by molar-refractivity contribution is 6.39. The van der Waals surface area contributed by atoms with Crippen molar-refractivity contribution in [3.8, 4) is 0 Å². The molecule has 0 fully saturated rings. The standard InChI is InChI=1S/C57H44N4/c1-56(2,3)35-28-42-41-26-25-33-17-13-16-24-40(33)51(41)60-47-32-58-55-50(49(47)45(29-35)52(42)60)43-27-34-18-14-15-23-39(34)48-44-30-36(57(4,5)6)31-46(53(44)61(55)54(43)48)59(37-19-9-7-10-20-37)38-21-11-8-12-22-38/h7-32H,1-6H3. The average Bonchev–Trinajstić information content (AvgIpc) is 3.99. The molecule has 8 aromatic carbocycles. The van der Waals surface area contributed by atoms with Gasteiger partial charge in [-0.05, 0) is 92.7 Å². The number of hydrogen-bond acceptors (Lipinski definition) is 2. The van der Waals surface area contributed by atoms with Gasteiger partial charge in [0.2, 0.25) is 0 Å². The smallest absolute Gasteiger partial charge is 0.146 e. The maximum Gasteiger partial charge on any atom is 0.146 e. The quantitative estimate of drug-likeness (QED) is 0.178. The Morgan fingerprint density at radius 3 is 1.66 bits per heavy atom. The molecule has 0 amide bonds. The molecule has 0 aliphatic rings. The van der Waals surface area contributed by atoms with Crippen LogP contribution in [0.25, 0.3) is 97.9 Å². The Kier molecular flexibility index (Phi) is 6.69. The van der Waals surface area contributed by atoms with E-state index in [0.717, 1.165) is 28.2 Å². The normalized spacial score (nSPS) is 13.1. The van der Waals surface area contributed by atoms with E-state index < -0.39 is 0 Å². The molecule has 13 rings (SSSR count). The molecule has 292 valence electrons. The van der Waals surface area contributed by atoms with Crippen LogP contribution in [0.4, 0.5) is 17.1 Å². The number of fused-ring (bicyclic) bond motifs is 17. The van der Waals surface area contributed by atoms with Crippen molar-refractivity contribution in [2.24, 2.45) is 0 Å². The summed E-state index contributed by atoms with van der Waals surface area (Å²) in [4.78, 5) is 8.08. The lowest BCUT2D eigenvalue weighted by atomic mass is 9.85.